The van der Waals surface area contributed by atoms with Gasteiger partial charge in [0.15, 0.2) is 6.61 Å². The lowest BCUT2D eigenvalue weighted by Gasteiger charge is -2.12. The molecule has 12 heteroatoms. The first-order valence-corrected chi connectivity index (χ1v) is 11.4. The molecule has 0 atom stereocenters. The third-order valence-electron chi connectivity index (χ3n) is 4.38. The number of hydrogen-bond donors (Lipinski definition) is 2. The fraction of sp³-hybridized carbons (Fsp3) is 0.136. The van der Waals surface area contributed by atoms with E-state index in [1.165, 1.54) is 43.5 Å². The molecule has 0 aliphatic carbocycles. The summed E-state index contributed by atoms with van der Waals surface area (Å²) in [5.41, 5.74) is -0.779. The Labute approximate surface area is 198 Å². The second-order valence-electron chi connectivity index (χ2n) is 6.84. The quantitative estimate of drug-likeness (QED) is 0.432. The summed E-state index contributed by atoms with van der Waals surface area (Å²) in [6.45, 7) is -0.363. The zero-order valence-corrected chi connectivity index (χ0v) is 19.1. The van der Waals surface area contributed by atoms with E-state index in [2.05, 4.69) is 10.0 Å². The highest BCUT2D eigenvalue weighted by molar-refractivity contribution is 7.92. The van der Waals surface area contributed by atoms with Gasteiger partial charge < -0.3 is 14.8 Å². The Bertz CT molecular complexity index is 1280. The smallest absolute Gasteiger partial charge is 0.416 e. The Kier molecular flexibility index (Phi) is 7.57. The van der Waals surface area contributed by atoms with Crippen LogP contribution in [0.2, 0.25) is 5.02 Å². The number of anilines is 2. The number of benzene rings is 3. The van der Waals surface area contributed by atoms with Crippen molar-refractivity contribution in [3.63, 3.8) is 0 Å². The first-order chi connectivity index (χ1) is 16.0. The number of nitrogens with one attached hydrogen (secondary N) is 2. The molecular formula is C22H18ClF3N2O5S. The van der Waals surface area contributed by atoms with Crippen LogP contribution < -0.4 is 19.5 Å². The van der Waals surface area contributed by atoms with E-state index in [1.54, 1.807) is 12.1 Å². The average molecular weight is 515 g/mol. The largest absolute Gasteiger partial charge is 0.495 e. The van der Waals surface area contributed by atoms with Crippen molar-refractivity contribution in [3.8, 4) is 11.5 Å². The van der Waals surface area contributed by atoms with Crippen LogP contribution in [-0.4, -0.2) is 28.0 Å². The maximum atomic E-state index is 12.8. The van der Waals surface area contributed by atoms with Gasteiger partial charge >= 0.3 is 6.18 Å². The van der Waals surface area contributed by atoms with Crippen LogP contribution >= 0.6 is 11.6 Å². The van der Waals surface area contributed by atoms with Gasteiger partial charge in [0, 0.05) is 11.4 Å². The SMILES string of the molecule is COc1ccc(NC(=O)COc2ccc(S(=O)(=O)Nc3cccc(C(F)(F)F)c3)cc2)cc1Cl. The molecule has 0 aromatic heterocycles. The van der Waals surface area contributed by atoms with Crippen molar-refractivity contribution in [3.05, 3.63) is 77.3 Å². The number of halogens is 4. The summed E-state index contributed by atoms with van der Waals surface area (Å²) in [5.74, 6) is 0.179. The van der Waals surface area contributed by atoms with Gasteiger partial charge in [0.05, 0.1) is 22.6 Å². The highest BCUT2D eigenvalue weighted by Crippen LogP contribution is 2.31. The third-order valence-corrected chi connectivity index (χ3v) is 6.07. The van der Waals surface area contributed by atoms with Crippen LogP contribution in [0, 0.1) is 0 Å². The maximum Gasteiger partial charge on any atom is 0.416 e. The van der Waals surface area contributed by atoms with Gasteiger partial charge in [0.25, 0.3) is 15.9 Å². The summed E-state index contributed by atoms with van der Waals surface area (Å²) in [4.78, 5) is 11.9. The normalized spacial score (nSPS) is 11.6. The number of amides is 1. The van der Waals surface area contributed by atoms with Crippen molar-refractivity contribution in [1.29, 1.82) is 0 Å². The summed E-state index contributed by atoms with van der Waals surface area (Å²) in [5, 5.41) is 2.91. The summed E-state index contributed by atoms with van der Waals surface area (Å²) in [7, 11) is -2.69. The van der Waals surface area contributed by atoms with Crippen LogP contribution in [0.1, 0.15) is 5.56 Å². The van der Waals surface area contributed by atoms with Crippen molar-refractivity contribution < 1.29 is 35.9 Å². The fourth-order valence-corrected chi connectivity index (χ4v) is 4.09. The molecular weight excluding hydrogens is 497 g/mol. The molecule has 180 valence electrons. The van der Waals surface area contributed by atoms with E-state index in [9.17, 15) is 26.4 Å². The van der Waals surface area contributed by atoms with Gasteiger partial charge in [-0.2, -0.15) is 13.2 Å². The molecule has 0 saturated heterocycles. The number of hydrogen-bond acceptors (Lipinski definition) is 5. The average Bonchev–Trinajstić information content (AvgIpc) is 2.77. The number of methoxy groups -OCH3 is 1. The molecule has 0 radical (unpaired) electrons. The number of rotatable bonds is 8. The molecule has 7 nitrogen and oxygen atoms in total. The Balaban J connectivity index is 1.60. The molecule has 3 aromatic carbocycles. The summed E-state index contributed by atoms with van der Waals surface area (Å²) >= 11 is 6.00. The highest BCUT2D eigenvalue weighted by Gasteiger charge is 2.30. The minimum absolute atomic E-state index is 0.199. The predicted molar refractivity (Wildman–Crippen MR) is 121 cm³/mol. The first-order valence-electron chi connectivity index (χ1n) is 9.54. The fourth-order valence-electron chi connectivity index (χ4n) is 2.78. The van der Waals surface area contributed by atoms with Crippen LogP contribution in [0.4, 0.5) is 24.5 Å². The van der Waals surface area contributed by atoms with Crippen LogP contribution in [-0.2, 0) is 21.0 Å². The molecule has 34 heavy (non-hydrogen) atoms. The van der Waals surface area contributed by atoms with Crippen molar-refractivity contribution in [1.82, 2.24) is 0 Å². The molecule has 1 amide bonds. The van der Waals surface area contributed by atoms with E-state index in [0.717, 1.165) is 12.1 Å². The van der Waals surface area contributed by atoms with Gasteiger partial charge in [-0.1, -0.05) is 17.7 Å². The van der Waals surface area contributed by atoms with E-state index in [-0.39, 0.29) is 22.9 Å². The van der Waals surface area contributed by atoms with E-state index >= 15 is 0 Å². The van der Waals surface area contributed by atoms with Gasteiger partial charge in [-0.3, -0.25) is 9.52 Å². The van der Waals surface area contributed by atoms with Crippen LogP contribution in [0.5, 0.6) is 11.5 Å². The summed E-state index contributed by atoms with van der Waals surface area (Å²) in [6.07, 6.45) is -4.60. The standard InChI is InChI=1S/C22H18ClF3N2O5S/c1-32-20-10-5-15(12-19(20)23)27-21(29)13-33-17-6-8-18(9-7-17)34(30,31)28-16-4-2-3-14(11-16)22(24,25)26/h2-12,28H,13H2,1H3,(H,27,29). The zero-order valence-electron chi connectivity index (χ0n) is 17.5. The molecule has 0 heterocycles. The number of alkyl halides is 3. The second kappa shape index (κ2) is 10.2. The Hall–Kier alpha value is -3.44. The minimum Gasteiger partial charge on any atom is -0.495 e. The van der Waals surface area contributed by atoms with Crippen molar-refractivity contribution >= 4 is 38.9 Å². The van der Waals surface area contributed by atoms with Gasteiger partial charge in [0.1, 0.15) is 11.5 Å². The topological polar surface area (TPSA) is 93.7 Å². The van der Waals surface area contributed by atoms with Gasteiger partial charge in [-0.25, -0.2) is 8.42 Å². The molecule has 0 fully saturated rings. The Morgan fingerprint density at radius 2 is 1.71 bits per heavy atom. The van der Waals surface area contributed by atoms with Crippen LogP contribution in [0.15, 0.2) is 71.6 Å². The Morgan fingerprint density at radius 1 is 1.00 bits per heavy atom. The molecule has 0 spiro atoms. The van der Waals surface area contributed by atoms with Gasteiger partial charge in [0.2, 0.25) is 0 Å². The van der Waals surface area contributed by atoms with Crippen molar-refractivity contribution in [2.24, 2.45) is 0 Å². The molecule has 0 bridgehead atoms. The number of carbonyl (C=O) groups is 1. The molecule has 2 N–H and O–H groups in total. The van der Waals surface area contributed by atoms with E-state index < -0.39 is 27.7 Å². The van der Waals surface area contributed by atoms with E-state index in [1.807, 2.05) is 0 Å². The summed E-state index contributed by atoms with van der Waals surface area (Å²) < 4.78 is 76.0. The van der Waals surface area contributed by atoms with Crippen LogP contribution in [0.3, 0.4) is 0 Å². The predicted octanol–water partition coefficient (Wildman–Crippen LogP) is 5.19. The second-order valence-corrected chi connectivity index (χ2v) is 8.93. The van der Waals surface area contributed by atoms with Crippen molar-refractivity contribution in [2.75, 3.05) is 23.8 Å². The number of sulfonamides is 1. The maximum absolute atomic E-state index is 12.8. The number of ether oxygens (including phenoxy) is 2. The van der Waals surface area contributed by atoms with Crippen LogP contribution in [0.25, 0.3) is 0 Å². The number of carbonyl (C=O) groups excluding carboxylic acids is 1. The minimum atomic E-state index is -4.60. The molecule has 3 rings (SSSR count). The summed E-state index contributed by atoms with van der Waals surface area (Å²) in [6, 6.07) is 13.6. The van der Waals surface area contributed by atoms with Gasteiger partial charge in [-0.15, -0.1) is 0 Å². The molecule has 3 aromatic rings. The molecule has 0 saturated carbocycles. The molecule has 0 aliphatic rings. The van der Waals surface area contributed by atoms with Gasteiger partial charge in [-0.05, 0) is 60.7 Å². The highest BCUT2D eigenvalue weighted by atomic mass is 35.5. The van der Waals surface area contributed by atoms with E-state index in [0.29, 0.717) is 22.5 Å². The zero-order chi connectivity index (χ0) is 24.9. The first kappa shape index (κ1) is 25.2. The lowest BCUT2D eigenvalue weighted by Crippen LogP contribution is -2.20. The molecule has 0 unspecified atom stereocenters. The Morgan fingerprint density at radius 3 is 2.32 bits per heavy atom. The lowest BCUT2D eigenvalue weighted by atomic mass is 10.2. The molecule has 0 aliphatic heterocycles. The van der Waals surface area contributed by atoms with Crippen molar-refractivity contribution in [2.45, 2.75) is 11.1 Å². The monoisotopic (exact) mass is 514 g/mol. The third kappa shape index (κ3) is 6.55. The van der Waals surface area contributed by atoms with E-state index in [4.69, 9.17) is 21.1 Å². The lowest BCUT2D eigenvalue weighted by molar-refractivity contribution is -0.137.